The number of unbranched alkanes of at least 4 members (excludes halogenated alkanes) is 2. The van der Waals surface area contributed by atoms with Crippen molar-refractivity contribution in [1.29, 1.82) is 0 Å². The Hall–Kier alpha value is -8.75. The monoisotopic (exact) mass is 1640 g/mol. The van der Waals surface area contributed by atoms with Crippen molar-refractivity contribution >= 4 is 62.8 Å². The van der Waals surface area contributed by atoms with Crippen molar-refractivity contribution < 1.29 is 70.5 Å². The van der Waals surface area contributed by atoms with E-state index in [-0.39, 0.29) is 47.2 Å². The SMILES string of the molecule is COCCCCCNC1c2ccccc2N(C)S(=O)(=O)c2cc(C)ccc21.COCCCNC1c2ccccc2N(C)S(=O)(=O)c2cc(Oc3ccccc3)ccc21.Cc1ccc2c(c1)S(=O)(=O)N(C)c1ccccc1C2NCCCC(F)(F)F.Cc1ccc2c(c1)S(=O)(=O)N(C)c1ccccc1C2NCCCC1OCCCO1. The molecule has 9 aromatic rings. The summed E-state index contributed by atoms with van der Waals surface area (Å²) in [4.78, 5) is 1.17. The van der Waals surface area contributed by atoms with Crippen LogP contribution in [0.2, 0.25) is 0 Å². The highest BCUT2D eigenvalue weighted by Gasteiger charge is 2.40. The normalized spacial score (nSPS) is 18.6. The molecule has 0 saturated carbocycles. The minimum absolute atomic E-state index is 0.0774. The molecule has 114 heavy (non-hydrogen) atoms. The quantitative estimate of drug-likeness (QED) is 0.0435. The van der Waals surface area contributed by atoms with Gasteiger partial charge in [0.15, 0.2) is 6.29 Å². The molecule has 28 heteroatoms. The summed E-state index contributed by atoms with van der Waals surface area (Å²) in [6.07, 6.45) is 1.31. The molecule has 4 unspecified atom stereocenters. The number of alkyl halides is 3. The Morgan fingerprint density at radius 1 is 0.377 bits per heavy atom. The number of para-hydroxylation sites is 5. The van der Waals surface area contributed by atoms with Gasteiger partial charge in [-0.1, -0.05) is 133 Å². The maximum Gasteiger partial charge on any atom is 0.389 e. The number of nitrogens with zero attached hydrogens (tertiary/aromatic N) is 4. The fourth-order valence-corrected chi connectivity index (χ4v) is 20.8. The van der Waals surface area contributed by atoms with E-state index in [1.807, 2.05) is 159 Å². The van der Waals surface area contributed by atoms with Gasteiger partial charge < -0.3 is 45.0 Å². The van der Waals surface area contributed by atoms with Crippen LogP contribution < -0.4 is 43.2 Å². The zero-order valence-electron chi connectivity index (χ0n) is 65.8. The molecule has 4 N–H and O–H groups in total. The van der Waals surface area contributed by atoms with Gasteiger partial charge in [0.05, 0.1) is 79.7 Å². The number of rotatable bonds is 23. The van der Waals surface area contributed by atoms with E-state index >= 15 is 0 Å². The molecule has 9 aromatic carbocycles. The van der Waals surface area contributed by atoms with Gasteiger partial charge in [-0.2, -0.15) is 13.2 Å². The van der Waals surface area contributed by atoms with Crippen molar-refractivity contribution in [3.8, 4) is 11.5 Å². The van der Waals surface area contributed by atoms with Crippen LogP contribution in [-0.2, 0) is 59.0 Å². The first-order valence-electron chi connectivity index (χ1n) is 38.3. The molecular formula is C86H103F3N8O13S4. The molecule has 0 radical (unpaired) electrons. The average molecular weight is 1640 g/mol. The van der Waals surface area contributed by atoms with E-state index in [0.717, 1.165) is 134 Å². The van der Waals surface area contributed by atoms with Crippen molar-refractivity contribution in [3.05, 3.63) is 261 Å². The summed E-state index contributed by atoms with van der Waals surface area (Å²) in [6.45, 7) is 10.9. The summed E-state index contributed by atoms with van der Waals surface area (Å²) < 4.78 is 176. The molecule has 5 heterocycles. The Morgan fingerprint density at radius 2 is 0.711 bits per heavy atom. The summed E-state index contributed by atoms with van der Waals surface area (Å²) >= 11 is 0. The second-order valence-corrected chi connectivity index (χ2v) is 36.4. The van der Waals surface area contributed by atoms with E-state index < -0.39 is 58.7 Å². The highest BCUT2D eigenvalue weighted by atomic mass is 32.2. The van der Waals surface area contributed by atoms with Crippen LogP contribution in [-0.4, -0.2) is 141 Å². The summed E-state index contributed by atoms with van der Waals surface area (Å²) in [5.74, 6) is 1.13. The minimum atomic E-state index is -4.21. The number of aryl methyl sites for hydroxylation is 3. The maximum atomic E-state index is 13.5. The number of hydrogen-bond donors (Lipinski definition) is 4. The zero-order chi connectivity index (χ0) is 81.5. The zero-order valence-corrected chi connectivity index (χ0v) is 69.1. The summed E-state index contributed by atoms with van der Waals surface area (Å²) in [6, 6.07) is 60.1. The number of ether oxygens (including phenoxy) is 5. The molecule has 5 aliphatic rings. The average Bonchev–Trinajstić information content (AvgIpc) is 1.62. The highest BCUT2D eigenvalue weighted by Crippen LogP contribution is 2.46. The van der Waals surface area contributed by atoms with Gasteiger partial charge in [0.1, 0.15) is 11.5 Å². The first kappa shape index (κ1) is 86.1. The van der Waals surface area contributed by atoms with Gasteiger partial charge in [0.2, 0.25) is 0 Å². The van der Waals surface area contributed by atoms with Crippen LogP contribution in [0.4, 0.5) is 35.9 Å². The second kappa shape index (κ2) is 38.3. The van der Waals surface area contributed by atoms with E-state index in [4.69, 9.17) is 23.7 Å². The topological polar surface area (TPSA) is 244 Å². The lowest BCUT2D eigenvalue weighted by molar-refractivity contribution is -0.181. The van der Waals surface area contributed by atoms with Crippen LogP contribution in [0.25, 0.3) is 0 Å². The van der Waals surface area contributed by atoms with Gasteiger partial charge in [-0.05, 0) is 220 Å². The first-order chi connectivity index (χ1) is 54.6. The van der Waals surface area contributed by atoms with Crippen molar-refractivity contribution in [2.24, 2.45) is 0 Å². The van der Waals surface area contributed by atoms with E-state index in [9.17, 15) is 46.8 Å². The molecule has 1 saturated heterocycles. The molecule has 610 valence electrons. The van der Waals surface area contributed by atoms with E-state index in [1.165, 1.54) is 24.3 Å². The predicted molar refractivity (Wildman–Crippen MR) is 441 cm³/mol. The van der Waals surface area contributed by atoms with E-state index in [2.05, 4.69) is 21.3 Å². The Bertz CT molecular complexity index is 5260. The number of anilines is 4. The van der Waals surface area contributed by atoms with Crippen LogP contribution in [0.5, 0.6) is 11.5 Å². The second-order valence-electron chi connectivity index (χ2n) is 28.7. The Balaban J connectivity index is 0.000000150. The lowest BCUT2D eigenvalue weighted by Gasteiger charge is -2.24. The number of methoxy groups -OCH3 is 2. The molecule has 0 aromatic heterocycles. The molecule has 1 fully saturated rings. The Labute approximate surface area is 670 Å². The molecule has 0 aliphatic carbocycles. The van der Waals surface area contributed by atoms with E-state index in [1.54, 1.807) is 96.9 Å². The molecule has 5 aliphatic heterocycles. The smallest absolute Gasteiger partial charge is 0.389 e. The number of fused-ring (bicyclic) bond motifs is 8. The highest BCUT2D eigenvalue weighted by molar-refractivity contribution is 7.93. The first-order valence-corrected chi connectivity index (χ1v) is 44.1. The Kier molecular flexibility index (Phi) is 29.0. The van der Waals surface area contributed by atoms with Gasteiger partial charge in [-0.3, -0.25) is 17.2 Å². The molecule has 21 nitrogen and oxygen atoms in total. The summed E-state index contributed by atoms with van der Waals surface area (Å²) in [5, 5.41) is 13.8. The van der Waals surface area contributed by atoms with Crippen LogP contribution in [0, 0.1) is 20.8 Å². The van der Waals surface area contributed by atoms with Crippen molar-refractivity contribution in [2.45, 2.75) is 135 Å². The molecule has 4 atom stereocenters. The number of nitrogens with one attached hydrogen (secondary N) is 4. The van der Waals surface area contributed by atoms with Crippen LogP contribution in [0.3, 0.4) is 0 Å². The maximum absolute atomic E-state index is 13.5. The van der Waals surface area contributed by atoms with Crippen LogP contribution >= 0.6 is 0 Å². The van der Waals surface area contributed by atoms with Crippen molar-refractivity contribution in [2.75, 3.05) is 112 Å². The largest absolute Gasteiger partial charge is 0.457 e. The third-order valence-electron chi connectivity index (χ3n) is 20.7. The van der Waals surface area contributed by atoms with Gasteiger partial charge in [-0.25, -0.2) is 33.7 Å². The lowest BCUT2D eigenvalue weighted by atomic mass is 9.96. The van der Waals surface area contributed by atoms with E-state index in [0.29, 0.717) is 62.6 Å². The summed E-state index contributed by atoms with van der Waals surface area (Å²) in [7, 11) is -5.01. The van der Waals surface area contributed by atoms with Gasteiger partial charge >= 0.3 is 6.18 Å². The molecule has 0 bridgehead atoms. The number of benzene rings is 9. The minimum Gasteiger partial charge on any atom is -0.457 e. The van der Waals surface area contributed by atoms with Crippen LogP contribution in [0.1, 0.15) is 143 Å². The Morgan fingerprint density at radius 3 is 1.10 bits per heavy atom. The fraction of sp³-hybridized carbons (Fsp3) is 0.372. The number of hydrogen-bond acceptors (Lipinski definition) is 17. The third-order valence-corrected chi connectivity index (χ3v) is 28.0. The number of sulfonamides is 4. The van der Waals surface area contributed by atoms with Gasteiger partial charge in [0.25, 0.3) is 40.1 Å². The lowest BCUT2D eigenvalue weighted by Crippen LogP contribution is -2.28. The van der Waals surface area contributed by atoms with Crippen molar-refractivity contribution in [3.63, 3.8) is 0 Å². The van der Waals surface area contributed by atoms with Gasteiger partial charge in [0, 0.05) is 68.1 Å². The molecule has 14 rings (SSSR count). The fourth-order valence-electron chi connectivity index (χ4n) is 14.7. The molecule has 0 spiro atoms. The van der Waals surface area contributed by atoms with Gasteiger partial charge in [-0.15, -0.1) is 0 Å². The molecule has 0 amide bonds. The predicted octanol–water partition coefficient (Wildman–Crippen LogP) is 15.5. The third kappa shape index (κ3) is 20.0. The number of halogens is 3. The van der Waals surface area contributed by atoms with Crippen molar-refractivity contribution in [1.82, 2.24) is 21.3 Å². The molecular weight excluding hydrogens is 1540 g/mol. The summed E-state index contributed by atoms with van der Waals surface area (Å²) in [5.41, 5.74) is 11.7. The standard InChI is InChI=1S/C24H26N2O4S.C22H28N2O4S.C21H28N2O3S.C19H21F3N2O2S/c1-26-22-12-7-6-11-20(22)24(25-15-8-16-29-2)21-14-13-19(17-23(21)31(26,27)28)30-18-9-4-3-5-10-18;1-16-10-11-18-20(15-16)29(25,26)24(2)19-8-4-3-7-17(19)22(18)23-12-5-9-21-27-13-6-14-28-21;1-16-11-12-18-20(15-16)27(24,25)23(2)19-10-6-5-9-17(19)21(18)22-13-7-4-8-14-26-3;1-13-8-9-15-17(12-13)27(25,26)24(2)16-7-4-3-6-14(16)18(15)23-11-5-10-19(20,21)22/h3-7,9-14,17,24-25H,8,15-16H2,1-2H3;3-4,7-8,10-11,15,21-23H,5-6,9,12-14H2,1-2H3;5-6,9-12,15,21-22H,4,7-8,13-14H2,1-3H3;3-4,6-9,12,18,23H,5,10-11H2,1-2H3. The van der Waals surface area contributed by atoms with Crippen LogP contribution in [0.15, 0.2) is 220 Å².